The molecule has 7 heteroatoms. The number of nitro groups is 1. The van der Waals surface area contributed by atoms with E-state index < -0.39 is 16.8 Å². The summed E-state index contributed by atoms with van der Waals surface area (Å²) in [6.45, 7) is 3.17. The van der Waals surface area contributed by atoms with Gasteiger partial charge in [0.2, 0.25) is 0 Å². The van der Waals surface area contributed by atoms with Crippen molar-refractivity contribution in [3.63, 3.8) is 0 Å². The van der Waals surface area contributed by atoms with Gasteiger partial charge in [0.05, 0.1) is 18.1 Å². The van der Waals surface area contributed by atoms with Crippen LogP contribution in [-0.2, 0) is 14.2 Å². The van der Waals surface area contributed by atoms with Crippen LogP contribution in [0.5, 0.6) is 5.75 Å². The summed E-state index contributed by atoms with van der Waals surface area (Å²) in [4.78, 5) is 10.4. The molecule has 0 unspecified atom stereocenters. The van der Waals surface area contributed by atoms with Gasteiger partial charge in [-0.25, -0.2) is 0 Å². The second kappa shape index (κ2) is 4.40. The Bertz CT molecular complexity index is 599. The normalized spacial score (nSPS) is 34.5. The van der Waals surface area contributed by atoms with Crippen molar-refractivity contribution in [2.24, 2.45) is 0 Å². The first kappa shape index (κ1) is 13.0. The number of nitrogens with zero attached hydrogens (tertiary/aromatic N) is 1. The molecule has 1 aromatic carbocycles. The zero-order valence-corrected chi connectivity index (χ0v) is 11.5. The Kier molecular flexibility index (Phi) is 2.72. The molecule has 3 heterocycles. The van der Waals surface area contributed by atoms with Crippen LogP contribution in [0.2, 0.25) is 0 Å². The van der Waals surface area contributed by atoms with E-state index in [0.29, 0.717) is 19.0 Å². The smallest absolute Gasteiger partial charge is 0.270 e. The number of hydrogen-bond acceptors (Lipinski definition) is 6. The van der Waals surface area contributed by atoms with Crippen LogP contribution in [-0.4, -0.2) is 36.1 Å². The molecule has 3 aliphatic heterocycles. The maximum Gasteiger partial charge on any atom is 0.270 e. The van der Waals surface area contributed by atoms with Gasteiger partial charge in [0.25, 0.3) is 5.69 Å². The van der Waals surface area contributed by atoms with Crippen LogP contribution in [0.1, 0.15) is 25.0 Å². The first-order valence-corrected chi connectivity index (χ1v) is 6.95. The maximum atomic E-state index is 10.9. The van der Waals surface area contributed by atoms with E-state index in [4.69, 9.17) is 18.9 Å². The number of hydrogen-bond donors (Lipinski definition) is 0. The minimum atomic E-state index is -0.728. The van der Waals surface area contributed by atoms with Gasteiger partial charge in [-0.3, -0.25) is 10.1 Å². The van der Waals surface area contributed by atoms with Gasteiger partial charge in [0.1, 0.15) is 18.0 Å². The number of non-ortho nitro benzene ring substituents is 1. The largest absolute Gasteiger partial charge is 0.479 e. The van der Waals surface area contributed by atoms with Crippen LogP contribution in [0.25, 0.3) is 0 Å². The molecule has 0 bridgehead atoms. The molecule has 3 atom stereocenters. The molecular weight excluding hydrogens is 278 g/mol. The Morgan fingerprint density at radius 2 is 2.10 bits per heavy atom. The zero-order chi connectivity index (χ0) is 14.6. The first-order chi connectivity index (χ1) is 10.1. The number of epoxide rings is 1. The highest BCUT2D eigenvalue weighted by Gasteiger charge is 2.63. The van der Waals surface area contributed by atoms with Crippen LogP contribution >= 0.6 is 0 Å². The van der Waals surface area contributed by atoms with Crippen molar-refractivity contribution >= 4 is 5.69 Å². The molecule has 1 aromatic rings. The van der Waals surface area contributed by atoms with Crippen molar-refractivity contribution in [1.82, 2.24) is 0 Å². The highest BCUT2D eigenvalue weighted by molar-refractivity contribution is 5.49. The number of nitro benzene ring substituents is 1. The summed E-state index contributed by atoms with van der Waals surface area (Å²) >= 11 is 0. The fourth-order valence-corrected chi connectivity index (χ4v) is 3.05. The molecule has 3 aliphatic rings. The Hall–Kier alpha value is -1.70. The van der Waals surface area contributed by atoms with Gasteiger partial charge in [0.15, 0.2) is 11.9 Å². The van der Waals surface area contributed by atoms with E-state index in [-0.39, 0.29) is 17.9 Å². The van der Waals surface area contributed by atoms with E-state index in [1.165, 1.54) is 12.1 Å². The Morgan fingerprint density at radius 3 is 2.81 bits per heavy atom. The molecule has 0 amide bonds. The zero-order valence-electron chi connectivity index (χ0n) is 11.5. The number of fused-ring (bicyclic) bond motifs is 3. The molecule has 112 valence electrons. The molecule has 2 saturated heterocycles. The van der Waals surface area contributed by atoms with Gasteiger partial charge in [-0.1, -0.05) is 0 Å². The first-order valence-electron chi connectivity index (χ1n) is 6.95. The lowest BCUT2D eigenvalue weighted by atomic mass is 9.91. The van der Waals surface area contributed by atoms with Crippen LogP contribution < -0.4 is 4.74 Å². The summed E-state index contributed by atoms with van der Waals surface area (Å²) in [5.41, 5.74) is 0.0386. The summed E-state index contributed by atoms with van der Waals surface area (Å²) < 4.78 is 23.1. The van der Waals surface area contributed by atoms with Crippen molar-refractivity contribution in [3.8, 4) is 5.75 Å². The average molecular weight is 293 g/mol. The van der Waals surface area contributed by atoms with Gasteiger partial charge in [-0.05, 0) is 19.4 Å². The standard InChI is InChI=1S/C14H15NO6/c1-14(13-18-5-2-6-19-13)12-11(20-12)9-7-8(15(16)17)3-4-10(9)21-14/h3-4,7,11-13H,2,5-6H2,1H3/t11-,12-,14-/m0/s1. The van der Waals surface area contributed by atoms with E-state index in [1.807, 2.05) is 6.92 Å². The molecular formula is C14H15NO6. The fourth-order valence-electron chi connectivity index (χ4n) is 3.05. The van der Waals surface area contributed by atoms with Crippen molar-refractivity contribution in [3.05, 3.63) is 33.9 Å². The highest BCUT2D eigenvalue weighted by Crippen LogP contribution is 2.56. The van der Waals surface area contributed by atoms with E-state index in [2.05, 4.69) is 0 Å². The Balaban J connectivity index is 1.67. The van der Waals surface area contributed by atoms with Crippen molar-refractivity contribution in [1.29, 1.82) is 0 Å². The monoisotopic (exact) mass is 293 g/mol. The van der Waals surface area contributed by atoms with Crippen LogP contribution in [0.3, 0.4) is 0 Å². The SMILES string of the molecule is C[C@]1(C2OCCCO2)Oc2ccc([N+](=O)[O-])cc2[C@@H]2O[C@@H]21. The maximum absolute atomic E-state index is 10.9. The molecule has 0 radical (unpaired) electrons. The lowest BCUT2D eigenvalue weighted by molar-refractivity contribution is -0.385. The van der Waals surface area contributed by atoms with Gasteiger partial charge >= 0.3 is 0 Å². The summed E-state index contributed by atoms with van der Waals surface area (Å²) in [6, 6.07) is 4.57. The quantitative estimate of drug-likeness (QED) is 0.471. The third kappa shape index (κ3) is 1.92. The van der Waals surface area contributed by atoms with Crippen LogP contribution in [0.4, 0.5) is 5.69 Å². The lowest BCUT2D eigenvalue weighted by Crippen LogP contribution is -2.55. The minimum Gasteiger partial charge on any atom is -0.479 e. The lowest BCUT2D eigenvalue weighted by Gasteiger charge is -2.40. The van der Waals surface area contributed by atoms with Gasteiger partial charge in [0, 0.05) is 17.7 Å². The molecule has 4 rings (SSSR count). The molecule has 0 aliphatic carbocycles. The van der Waals surface area contributed by atoms with E-state index >= 15 is 0 Å². The van der Waals surface area contributed by atoms with Crippen LogP contribution in [0, 0.1) is 10.1 Å². The molecule has 0 aromatic heterocycles. The molecule has 7 nitrogen and oxygen atoms in total. The molecule has 2 fully saturated rings. The predicted octanol–water partition coefficient (Wildman–Crippen LogP) is 1.95. The molecule has 0 spiro atoms. The highest BCUT2D eigenvalue weighted by atomic mass is 16.7. The van der Waals surface area contributed by atoms with Crippen molar-refractivity contribution in [2.75, 3.05) is 13.2 Å². The van der Waals surface area contributed by atoms with Gasteiger partial charge in [-0.2, -0.15) is 0 Å². The third-order valence-electron chi connectivity index (χ3n) is 4.19. The van der Waals surface area contributed by atoms with E-state index in [9.17, 15) is 10.1 Å². The predicted molar refractivity (Wildman–Crippen MR) is 70.1 cm³/mol. The minimum absolute atomic E-state index is 0.0420. The van der Waals surface area contributed by atoms with Gasteiger partial charge in [-0.15, -0.1) is 0 Å². The summed E-state index contributed by atoms with van der Waals surface area (Å²) in [6.07, 6.45) is -0.00269. The second-order valence-electron chi connectivity index (χ2n) is 5.67. The number of rotatable bonds is 2. The van der Waals surface area contributed by atoms with E-state index in [0.717, 1.165) is 12.0 Å². The van der Waals surface area contributed by atoms with E-state index in [1.54, 1.807) is 6.07 Å². The summed E-state index contributed by atoms with van der Waals surface area (Å²) in [5.74, 6) is 0.597. The van der Waals surface area contributed by atoms with Gasteiger partial charge < -0.3 is 18.9 Å². The fraction of sp³-hybridized carbons (Fsp3) is 0.571. The Morgan fingerprint density at radius 1 is 1.33 bits per heavy atom. The number of ether oxygens (including phenoxy) is 4. The summed E-state index contributed by atoms with van der Waals surface area (Å²) in [5, 5.41) is 10.9. The number of benzene rings is 1. The molecule has 21 heavy (non-hydrogen) atoms. The Labute approximate surface area is 120 Å². The second-order valence-corrected chi connectivity index (χ2v) is 5.67. The molecule has 0 saturated carbocycles. The molecule has 0 N–H and O–H groups in total. The summed E-state index contributed by atoms with van der Waals surface area (Å²) in [7, 11) is 0. The van der Waals surface area contributed by atoms with Crippen LogP contribution in [0.15, 0.2) is 18.2 Å². The topological polar surface area (TPSA) is 83.4 Å². The van der Waals surface area contributed by atoms with Crippen molar-refractivity contribution < 1.29 is 23.9 Å². The van der Waals surface area contributed by atoms with Crippen molar-refractivity contribution in [2.45, 2.75) is 37.4 Å². The average Bonchev–Trinajstić information content (AvgIpc) is 3.29. The third-order valence-corrected chi connectivity index (χ3v) is 4.19.